The monoisotopic (exact) mass is 283 g/mol. The van der Waals surface area contributed by atoms with Crippen LogP contribution in [0.25, 0.3) is 0 Å². The van der Waals surface area contributed by atoms with Crippen molar-refractivity contribution < 1.29 is 19.0 Å². The maximum Gasteiger partial charge on any atom is 0.340 e. The van der Waals surface area contributed by atoms with Crippen LogP contribution < -0.4 is 0 Å². The van der Waals surface area contributed by atoms with Crippen molar-refractivity contribution in [3.05, 3.63) is 35.1 Å². The molecule has 0 unspecified atom stereocenters. The average Bonchev–Trinajstić information content (AvgIpc) is 2.42. The van der Waals surface area contributed by atoms with Gasteiger partial charge in [-0.1, -0.05) is 6.07 Å². The fourth-order valence-corrected chi connectivity index (χ4v) is 1.96. The Kier molecular flexibility index (Phi) is 6.61. The summed E-state index contributed by atoms with van der Waals surface area (Å²) in [5.74, 6) is -1.24. The summed E-state index contributed by atoms with van der Waals surface area (Å²) in [6.45, 7) is 5.57. The van der Waals surface area contributed by atoms with Gasteiger partial charge in [-0.2, -0.15) is 0 Å². The smallest absolute Gasteiger partial charge is 0.340 e. The molecular formula is C15H22FNO3. The second-order valence-corrected chi connectivity index (χ2v) is 4.95. The predicted octanol–water partition coefficient (Wildman–Crippen LogP) is 2.21. The lowest BCUT2D eigenvalue weighted by Gasteiger charge is -2.26. The highest BCUT2D eigenvalue weighted by molar-refractivity contribution is 5.89. The summed E-state index contributed by atoms with van der Waals surface area (Å²) in [6, 6.07) is 4.83. The van der Waals surface area contributed by atoms with Gasteiger partial charge in [0.05, 0.1) is 12.7 Å². The molecule has 20 heavy (non-hydrogen) atoms. The van der Waals surface area contributed by atoms with E-state index in [-0.39, 0.29) is 12.2 Å². The van der Waals surface area contributed by atoms with Crippen molar-refractivity contribution in [3.63, 3.8) is 0 Å². The van der Waals surface area contributed by atoms with E-state index in [0.29, 0.717) is 19.0 Å². The van der Waals surface area contributed by atoms with E-state index in [9.17, 15) is 9.18 Å². The number of hydrogen-bond acceptors (Lipinski definition) is 4. The largest absolute Gasteiger partial charge is 0.465 e. The summed E-state index contributed by atoms with van der Waals surface area (Å²) in [5, 5.41) is 8.89. The molecule has 1 aromatic carbocycles. The van der Waals surface area contributed by atoms with Crippen LogP contribution in [0, 0.1) is 5.82 Å². The van der Waals surface area contributed by atoms with E-state index in [2.05, 4.69) is 23.5 Å². The zero-order valence-electron chi connectivity index (χ0n) is 12.2. The molecule has 0 atom stereocenters. The van der Waals surface area contributed by atoms with Gasteiger partial charge in [-0.15, -0.1) is 0 Å². The van der Waals surface area contributed by atoms with Gasteiger partial charge in [0, 0.05) is 25.7 Å². The highest BCUT2D eigenvalue weighted by atomic mass is 19.1. The van der Waals surface area contributed by atoms with E-state index in [1.165, 1.54) is 19.2 Å². The highest BCUT2D eigenvalue weighted by Gasteiger charge is 2.14. The minimum Gasteiger partial charge on any atom is -0.465 e. The first-order chi connectivity index (χ1) is 9.49. The Morgan fingerprint density at radius 1 is 1.45 bits per heavy atom. The van der Waals surface area contributed by atoms with Crippen molar-refractivity contribution in [1.29, 1.82) is 0 Å². The molecule has 0 amide bonds. The molecule has 1 rings (SSSR count). The number of carbonyl (C=O) groups is 1. The molecular weight excluding hydrogens is 261 g/mol. The van der Waals surface area contributed by atoms with Crippen LogP contribution in [-0.4, -0.2) is 42.3 Å². The third kappa shape index (κ3) is 4.58. The van der Waals surface area contributed by atoms with E-state index in [0.717, 1.165) is 12.1 Å². The van der Waals surface area contributed by atoms with Gasteiger partial charge in [-0.05, 0) is 38.0 Å². The molecule has 0 aliphatic carbocycles. The first kappa shape index (κ1) is 16.6. The number of nitrogens with zero attached hydrogens (tertiary/aromatic N) is 1. The SMILES string of the molecule is COC(=O)c1ccc(CN(CCCO)C(C)C)cc1F. The van der Waals surface area contributed by atoms with E-state index in [1.54, 1.807) is 6.07 Å². The highest BCUT2D eigenvalue weighted by Crippen LogP contribution is 2.15. The molecule has 0 fully saturated rings. The number of esters is 1. The third-order valence-electron chi connectivity index (χ3n) is 3.16. The zero-order valence-corrected chi connectivity index (χ0v) is 12.2. The quantitative estimate of drug-likeness (QED) is 0.779. The Labute approximate surface area is 119 Å². The number of ether oxygens (including phenoxy) is 1. The Morgan fingerprint density at radius 3 is 2.65 bits per heavy atom. The van der Waals surface area contributed by atoms with E-state index >= 15 is 0 Å². The molecule has 0 aromatic heterocycles. The first-order valence-electron chi connectivity index (χ1n) is 6.71. The molecule has 0 saturated carbocycles. The van der Waals surface area contributed by atoms with Crippen molar-refractivity contribution in [2.75, 3.05) is 20.3 Å². The number of aliphatic hydroxyl groups is 1. The van der Waals surface area contributed by atoms with Gasteiger partial charge < -0.3 is 9.84 Å². The molecule has 0 aliphatic rings. The van der Waals surface area contributed by atoms with Crippen LogP contribution in [0.2, 0.25) is 0 Å². The number of methoxy groups -OCH3 is 1. The molecule has 4 nitrogen and oxygen atoms in total. The van der Waals surface area contributed by atoms with Gasteiger partial charge in [0.1, 0.15) is 5.82 Å². The van der Waals surface area contributed by atoms with Crippen LogP contribution in [0.15, 0.2) is 18.2 Å². The Bertz CT molecular complexity index is 449. The van der Waals surface area contributed by atoms with Crippen LogP contribution >= 0.6 is 0 Å². The molecule has 112 valence electrons. The van der Waals surface area contributed by atoms with E-state index < -0.39 is 11.8 Å². The summed E-state index contributed by atoms with van der Waals surface area (Å²) in [4.78, 5) is 13.5. The van der Waals surface area contributed by atoms with Gasteiger partial charge in [0.25, 0.3) is 0 Å². The maximum atomic E-state index is 13.8. The van der Waals surface area contributed by atoms with Crippen LogP contribution in [0.5, 0.6) is 0 Å². The van der Waals surface area contributed by atoms with Crippen molar-refractivity contribution in [2.45, 2.75) is 32.9 Å². The van der Waals surface area contributed by atoms with Crippen LogP contribution in [0.1, 0.15) is 36.2 Å². The summed E-state index contributed by atoms with van der Waals surface area (Å²) < 4.78 is 18.3. The zero-order chi connectivity index (χ0) is 15.1. The number of hydrogen-bond donors (Lipinski definition) is 1. The normalized spacial score (nSPS) is 11.2. The molecule has 0 saturated heterocycles. The van der Waals surface area contributed by atoms with Crippen molar-refractivity contribution in [3.8, 4) is 0 Å². The van der Waals surface area contributed by atoms with Gasteiger partial charge in [0.15, 0.2) is 0 Å². The van der Waals surface area contributed by atoms with Gasteiger partial charge in [-0.3, -0.25) is 4.90 Å². The molecule has 0 spiro atoms. The molecule has 0 heterocycles. The minimum absolute atomic E-state index is 0.0531. The van der Waals surface area contributed by atoms with Gasteiger partial charge in [0.2, 0.25) is 0 Å². The third-order valence-corrected chi connectivity index (χ3v) is 3.16. The minimum atomic E-state index is -0.671. The van der Waals surface area contributed by atoms with Crippen LogP contribution in [0.3, 0.4) is 0 Å². The number of halogens is 1. The van der Waals surface area contributed by atoms with Crippen molar-refractivity contribution in [1.82, 2.24) is 4.90 Å². The number of rotatable bonds is 7. The second kappa shape index (κ2) is 7.97. The first-order valence-corrected chi connectivity index (χ1v) is 6.71. The second-order valence-electron chi connectivity index (χ2n) is 4.95. The lowest BCUT2D eigenvalue weighted by molar-refractivity contribution is 0.0595. The van der Waals surface area contributed by atoms with Gasteiger partial charge in [-0.25, -0.2) is 9.18 Å². The van der Waals surface area contributed by atoms with Crippen molar-refractivity contribution in [2.24, 2.45) is 0 Å². The fraction of sp³-hybridized carbons (Fsp3) is 0.533. The average molecular weight is 283 g/mol. The molecule has 0 aliphatic heterocycles. The molecule has 1 N–H and O–H groups in total. The van der Waals surface area contributed by atoms with E-state index in [1.807, 2.05) is 0 Å². The van der Waals surface area contributed by atoms with E-state index in [4.69, 9.17) is 5.11 Å². The number of carbonyl (C=O) groups excluding carboxylic acids is 1. The standard InChI is InChI=1S/C15H22FNO3/c1-11(2)17(7-4-8-18)10-12-5-6-13(14(16)9-12)15(19)20-3/h5-6,9,11,18H,4,7-8,10H2,1-3H3. The summed E-state index contributed by atoms with van der Waals surface area (Å²) in [7, 11) is 1.23. The lowest BCUT2D eigenvalue weighted by Crippen LogP contribution is -2.31. The molecule has 0 radical (unpaired) electrons. The number of aliphatic hydroxyl groups excluding tert-OH is 1. The van der Waals surface area contributed by atoms with Gasteiger partial charge >= 0.3 is 5.97 Å². The summed E-state index contributed by atoms with van der Waals surface area (Å²) in [5.41, 5.74) is 0.740. The fourth-order valence-electron chi connectivity index (χ4n) is 1.96. The molecule has 0 bridgehead atoms. The summed E-state index contributed by atoms with van der Waals surface area (Å²) >= 11 is 0. The Balaban J connectivity index is 2.81. The van der Waals surface area contributed by atoms with Crippen LogP contribution in [-0.2, 0) is 11.3 Å². The number of benzene rings is 1. The predicted molar refractivity (Wildman–Crippen MR) is 75.0 cm³/mol. The van der Waals surface area contributed by atoms with Crippen molar-refractivity contribution >= 4 is 5.97 Å². The Morgan fingerprint density at radius 2 is 2.15 bits per heavy atom. The Hall–Kier alpha value is -1.46. The lowest BCUT2D eigenvalue weighted by atomic mass is 10.1. The topological polar surface area (TPSA) is 49.8 Å². The summed E-state index contributed by atoms with van der Waals surface area (Å²) in [6.07, 6.45) is 0.681. The maximum absolute atomic E-state index is 13.8. The van der Waals surface area contributed by atoms with Crippen LogP contribution in [0.4, 0.5) is 4.39 Å². The molecule has 1 aromatic rings. The molecule has 5 heteroatoms.